The molecular weight excluding hydrogens is 265 g/mol. The highest BCUT2D eigenvalue weighted by molar-refractivity contribution is 7.15. The Morgan fingerprint density at radius 2 is 2.50 bits per heavy atom. The van der Waals surface area contributed by atoms with Crippen molar-refractivity contribution >= 4 is 41.3 Å². The Morgan fingerprint density at radius 3 is 3.25 bits per heavy atom. The topological polar surface area (TPSA) is 50.9 Å². The van der Waals surface area contributed by atoms with Gasteiger partial charge < -0.3 is 11.1 Å². The number of nitrogens with zero attached hydrogens (tertiary/aromatic N) is 1. The van der Waals surface area contributed by atoms with Crippen LogP contribution in [0.3, 0.4) is 0 Å². The molecule has 0 radical (unpaired) electrons. The average molecular weight is 289 g/mol. The normalized spacial score (nSPS) is 24.5. The van der Waals surface area contributed by atoms with Crippen LogP contribution in [-0.4, -0.2) is 17.6 Å². The van der Waals surface area contributed by atoms with Crippen molar-refractivity contribution in [2.75, 3.05) is 12.3 Å². The molecule has 0 unspecified atom stereocenters. The van der Waals surface area contributed by atoms with Crippen LogP contribution < -0.4 is 11.1 Å². The third-order valence-electron chi connectivity index (χ3n) is 2.44. The van der Waals surface area contributed by atoms with Gasteiger partial charge in [-0.2, -0.15) is 0 Å². The first kappa shape index (κ1) is 8.97. The maximum absolute atomic E-state index is 7.56. The minimum absolute atomic E-state index is 0. The number of rotatable bonds is 3. The molecule has 0 spiro atoms. The van der Waals surface area contributed by atoms with Crippen LogP contribution in [0.4, 0.5) is 5.13 Å². The minimum atomic E-state index is -2.60. The maximum atomic E-state index is 7.56. The molecule has 1 aromatic heterocycles. The molecule has 1 aliphatic rings. The largest absolute Gasteiger partial charge is 0.375 e. The van der Waals surface area contributed by atoms with Gasteiger partial charge >= 0.3 is 0 Å². The summed E-state index contributed by atoms with van der Waals surface area (Å²) in [4.78, 5) is 5.36. The highest BCUT2D eigenvalue weighted by Gasteiger charge is 2.21. The van der Waals surface area contributed by atoms with Gasteiger partial charge in [0.25, 0.3) is 0 Å². The van der Waals surface area contributed by atoms with E-state index in [1.54, 1.807) is 0 Å². The Morgan fingerprint density at radius 1 is 1.69 bits per heavy atom. The molecule has 0 amide bonds. The van der Waals surface area contributed by atoms with Crippen molar-refractivity contribution in [3.63, 3.8) is 0 Å². The summed E-state index contributed by atoms with van der Waals surface area (Å²) in [7, 11) is 0. The van der Waals surface area contributed by atoms with Crippen LogP contribution >= 0.6 is 36.2 Å². The lowest BCUT2D eigenvalue weighted by atomic mass is 9.98. The number of thiazole rings is 1. The first-order valence-electron chi connectivity index (χ1n) is 7.16. The fourth-order valence-corrected chi connectivity index (χ4v) is 2.72. The average Bonchev–Trinajstić information content (AvgIpc) is 2.64. The van der Waals surface area contributed by atoms with Gasteiger partial charge in [0.2, 0.25) is 0 Å². The molecule has 3 N–H and O–H groups in total. The lowest BCUT2D eigenvalue weighted by Crippen LogP contribution is -2.34. The van der Waals surface area contributed by atoms with E-state index in [9.17, 15) is 0 Å². The fourth-order valence-electron chi connectivity index (χ4n) is 1.76. The molecule has 0 bridgehead atoms. The number of nitrogens with two attached hydrogens (primary N) is 1. The number of aryl methyl sites for hydroxylation is 1. The number of fused-ring (bicyclic) bond motifs is 1. The van der Waals surface area contributed by atoms with Crippen LogP contribution in [0.5, 0.6) is 0 Å². The third kappa shape index (κ3) is 3.77. The van der Waals surface area contributed by atoms with Gasteiger partial charge in [0, 0.05) is 17.8 Å². The van der Waals surface area contributed by atoms with Gasteiger partial charge in [-0.3, -0.25) is 0 Å². The molecule has 1 heterocycles. The molecule has 94 valence electrons. The zero-order valence-electron chi connectivity index (χ0n) is 13.7. The Balaban J connectivity index is 0.00000200. The van der Waals surface area contributed by atoms with Crippen LogP contribution in [0.25, 0.3) is 0 Å². The standard InChI is InChI=1S/C10H17N3S.2ClH/c1-2-5-12-7-3-4-8-9(6-7)14-10(11)13-8;;/h7,12H,2-6H2,1H3,(H2,11,13);2*1H/t7-;;/m0../s1/i1D3,2D2;;. The van der Waals surface area contributed by atoms with Crippen molar-refractivity contribution in [3.05, 3.63) is 10.6 Å². The van der Waals surface area contributed by atoms with E-state index in [2.05, 4.69) is 10.3 Å². The molecule has 1 aromatic rings. The summed E-state index contributed by atoms with van der Waals surface area (Å²) in [5, 5.41) is 3.58. The highest BCUT2D eigenvalue weighted by atomic mass is 35.5. The van der Waals surface area contributed by atoms with E-state index in [4.69, 9.17) is 12.6 Å². The number of aromatic nitrogens is 1. The molecule has 16 heavy (non-hydrogen) atoms. The summed E-state index contributed by atoms with van der Waals surface area (Å²) in [6.07, 6.45) is 0.159. The van der Waals surface area contributed by atoms with Gasteiger partial charge in [-0.15, -0.1) is 36.2 Å². The number of halogens is 2. The Kier molecular flexibility index (Phi) is 4.11. The first-order chi connectivity index (χ1) is 8.69. The van der Waals surface area contributed by atoms with Gasteiger partial charge in [0.05, 0.1) is 5.69 Å². The molecule has 1 atom stereocenters. The number of hydrogen-bond acceptors (Lipinski definition) is 4. The number of anilines is 1. The molecule has 0 aliphatic heterocycles. The van der Waals surface area contributed by atoms with Gasteiger partial charge in [0.1, 0.15) is 0 Å². The second kappa shape index (κ2) is 7.33. The maximum Gasteiger partial charge on any atom is 0.180 e. The summed E-state index contributed by atoms with van der Waals surface area (Å²) < 4.78 is 36.6. The van der Waals surface area contributed by atoms with E-state index in [0.29, 0.717) is 5.13 Å². The first-order valence-corrected chi connectivity index (χ1v) is 5.48. The summed E-state index contributed by atoms with van der Waals surface area (Å²) in [6.45, 7) is -2.77. The van der Waals surface area contributed by atoms with E-state index in [1.165, 1.54) is 11.3 Å². The van der Waals surface area contributed by atoms with Crippen molar-refractivity contribution in [2.45, 2.75) is 38.5 Å². The Bertz CT molecular complexity index is 466. The Hall–Kier alpha value is -0.0300. The molecule has 0 saturated carbocycles. The molecule has 0 fully saturated rings. The second-order valence-corrected chi connectivity index (χ2v) is 4.53. The molecule has 0 saturated heterocycles. The SMILES string of the molecule is Cl.Cl.[2H]C([2H])([2H])C([2H])([2H])CN[C@H]1CCc2nc(N)sc2C1. The van der Waals surface area contributed by atoms with Crippen LogP contribution in [0.1, 0.15) is 37.1 Å². The summed E-state index contributed by atoms with van der Waals surface area (Å²) in [5.74, 6) is 0. The molecule has 2 rings (SSSR count). The van der Waals surface area contributed by atoms with Crippen molar-refractivity contribution in [1.82, 2.24) is 10.3 Å². The zero-order chi connectivity index (χ0) is 14.3. The lowest BCUT2D eigenvalue weighted by Gasteiger charge is -2.21. The van der Waals surface area contributed by atoms with Crippen LogP contribution in [0.2, 0.25) is 0 Å². The number of nitrogens with one attached hydrogen (secondary N) is 1. The summed E-state index contributed by atoms with van der Waals surface area (Å²) >= 11 is 1.45. The van der Waals surface area contributed by atoms with E-state index in [0.717, 1.165) is 29.8 Å². The smallest absolute Gasteiger partial charge is 0.180 e. The van der Waals surface area contributed by atoms with Crippen LogP contribution in [0, 0.1) is 0 Å². The monoisotopic (exact) mass is 288 g/mol. The molecule has 3 nitrogen and oxygen atoms in total. The lowest BCUT2D eigenvalue weighted by molar-refractivity contribution is 0.460. The third-order valence-corrected chi connectivity index (χ3v) is 3.38. The quantitative estimate of drug-likeness (QED) is 0.898. The summed E-state index contributed by atoms with van der Waals surface area (Å²) in [5.41, 5.74) is 6.68. The van der Waals surface area contributed by atoms with Crippen LogP contribution in [-0.2, 0) is 12.8 Å². The minimum Gasteiger partial charge on any atom is -0.375 e. The van der Waals surface area contributed by atoms with E-state index < -0.39 is 13.2 Å². The second-order valence-electron chi connectivity index (χ2n) is 3.42. The highest BCUT2D eigenvalue weighted by Crippen LogP contribution is 2.27. The Labute approximate surface area is 120 Å². The number of hydrogen-bond donors (Lipinski definition) is 2. The van der Waals surface area contributed by atoms with E-state index in [1.807, 2.05) is 0 Å². The summed E-state index contributed by atoms with van der Waals surface area (Å²) in [6, 6.07) is 0.0878. The van der Waals surface area contributed by atoms with Crippen molar-refractivity contribution in [1.29, 1.82) is 0 Å². The van der Waals surface area contributed by atoms with E-state index in [-0.39, 0.29) is 37.4 Å². The van der Waals surface area contributed by atoms with Gasteiger partial charge in [-0.25, -0.2) is 4.98 Å². The molecule has 6 heteroatoms. The van der Waals surface area contributed by atoms with Crippen molar-refractivity contribution in [3.8, 4) is 0 Å². The molecule has 1 aliphatic carbocycles. The predicted octanol–water partition coefficient (Wildman–Crippen LogP) is 2.43. The molecular formula is C10H19Cl2N3S. The predicted molar refractivity (Wildman–Crippen MR) is 75.1 cm³/mol. The fraction of sp³-hybridized carbons (Fsp3) is 0.700. The van der Waals surface area contributed by atoms with Gasteiger partial charge in [-0.1, -0.05) is 6.85 Å². The van der Waals surface area contributed by atoms with Gasteiger partial charge in [0.15, 0.2) is 5.13 Å². The van der Waals surface area contributed by atoms with Crippen LogP contribution in [0.15, 0.2) is 0 Å². The number of nitrogen functional groups attached to an aromatic ring is 1. The zero-order valence-corrected chi connectivity index (χ0v) is 11.1. The van der Waals surface area contributed by atoms with Crippen molar-refractivity contribution < 1.29 is 6.85 Å². The molecule has 0 aromatic carbocycles. The van der Waals surface area contributed by atoms with Gasteiger partial charge in [-0.05, 0) is 32.2 Å². The van der Waals surface area contributed by atoms with E-state index >= 15 is 0 Å². The van der Waals surface area contributed by atoms with Crippen molar-refractivity contribution in [2.24, 2.45) is 0 Å².